The quantitative estimate of drug-likeness (QED) is 0.786. The van der Waals surface area contributed by atoms with E-state index in [9.17, 15) is 0 Å². The lowest BCUT2D eigenvalue weighted by Gasteiger charge is -2.08. The Morgan fingerprint density at radius 1 is 1.26 bits per heavy atom. The first-order valence-electron chi connectivity index (χ1n) is 5.69. The van der Waals surface area contributed by atoms with Gasteiger partial charge in [0.05, 0.1) is 0 Å². The molecule has 2 heterocycles. The van der Waals surface area contributed by atoms with Crippen LogP contribution >= 0.6 is 15.9 Å². The number of aromatic nitrogens is 5. The number of hydrogen-bond donors (Lipinski definition) is 1. The highest BCUT2D eigenvalue weighted by atomic mass is 79.9. The maximum absolute atomic E-state index is 4.23. The summed E-state index contributed by atoms with van der Waals surface area (Å²) in [7, 11) is 1.80. The smallest absolute Gasteiger partial charge is 0.183 e. The van der Waals surface area contributed by atoms with Crippen molar-refractivity contribution >= 4 is 38.6 Å². The summed E-state index contributed by atoms with van der Waals surface area (Å²) in [6.45, 7) is 2.03. The molecule has 96 valence electrons. The minimum Gasteiger partial charge on any atom is -0.338 e. The van der Waals surface area contributed by atoms with Crippen molar-refractivity contribution in [2.45, 2.75) is 6.92 Å². The highest BCUT2D eigenvalue weighted by Crippen LogP contribution is 2.25. The minimum absolute atomic E-state index is 0.656. The normalized spacial score (nSPS) is 10.9. The van der Waals surface area contributed by atoms with Gasteiger partial charge in [0.2, 0.25) is 0 Å². The summed E-state index contributed by atoms with van der Waals surface area (Å²) in [5.74, 6) is 0.656. The predicted molar refractivity (Wildman–Crippen MR) is 76.3 cm³/mol. The standard InChI is InChI=1S/C12H11BrN6/c1-7-5-8(13)3-4-9(7)16-11-10-12(15-6-14-11)19(2)18-17-10/h3-6H,1-2H3,(H,14,15,16). The lowest BCUT2D eigenvalue weighted by atomic mass is 10.2. The Morgan fingerprint density at radius 3 is 2.89 bits per heavy atom. The SMILES string of the molecule is Cc1cc(Br)ccc1Nc1ncnc2c1nnn2C. The molecule has 0 unspecified atom stereocenters. The van der Waals surface area contributed by atoms with Crippen LogP contribution in [0.2, 0.25) is 0 Å². The molecule has 1 N–H and O–H groups in total. The molecule has 0 spiro atoms. The number of rotatable bonds is 2. The third-order valence-corrected chi connectivity index (χ3v) is 3.32. The Kier molecular flexibility index (Phi) is 2.90. The van der Waals surface area contributed by atoms with Gasteiger partial charge in [-0.15, -0.1) is 5.10 Å². The zero-order valence-electron chi connectivity index (χ0n) is 10.4. The van der Waals surface area contributed by atoms with Crippen molar-refractivity contribution in [3.63, 3.8) is 0 Å². The van der Waals surface area contributed by atoms with Crippen LogP contribution in [0, 0.1) is 6.92 Å². The summed E-state index contributed by atoms with van der Waals surface area (Å²) in [6.07, 6.45) is 1.50. The fraction of sp³-hybridized carbons (Fsp3) is 0.167. The maximum atomic E-state index is 4.23. The molecular formula is C12H11BrN6. The van der Waals surface area contributed by atoms with E-state index in [-0.39, 0.29) is 0 Å². The first kappa shape index (κ1) is 12.0. The van der Waals surface area contributed by atoms with Crippen LogP contribution in [0.5, 0.6) is 0 Å². The molecule has 3 rings (SSSR count). The molecule has 0 atom stereocenters. The van der Waals surface area contributed by atoms with E-state index in [0.717, 1.165) is 15.7 Å². The lowest BCUT2D eigenvalue weighted by Crippen LogP contribution is -1.98. The van der Waals surface area contributed by atoms with Gasteiger partial charge in [0.15, 0.2) is 17.0 Å². The van der Waals surface area contributed by atoms with Gasteiger partial charge >= 0.3 is 0 Å². The van der Waals surface area contributed by atoms with Crippen LogP contribution in [0.4, 0.5) is 11.5 Å². The molecule has 2 aromatic heterocycles. The number of nitrogens with one attached hydrogen (secondary N) is 1. The second kappa shape index (κ2) is 4.58. The van der Waals surface area contributed by atoms with Gasteiger partial charge < -0.3 is 5.32 Å². The van der Waals surface area contributed by atoms with Gasteiger partial charge in [0, 0.05) is 17.2 Å². The Morgan fingerprint density at radius 2 is 2.11 bits per heavy atom. The first-order valence-corrected chi connectivity index (χ1v) is 6.48. The molecule has 0 fully saturated rings. The minimum atomic E-state index is 0.656. The average molecular weight is 319 g/mol. The van der Waals surface area contributed by atoms with Crippen LogP contribution in [0.1, 0.15) is 5.56 Å². The third kappa shape index (κ3) is 2.17. The van der Waals surface area contributed by atoms with E-state index in [1.165, 1.54) is 6.33 Å². The zero-order chi connectivity index (χ0) is 13.4. The largest absolute Gasteiger partial charge is 0.338 e. The van der Waals surface area contributed by atoms with E-state index in [4.69, 9.17) is 0 Å². The molecule has 0 radical (unpaired) electrons. The van der Waals surface area contributed by atoms with Crippen LogP contribution in [-0.2, 0) is 7.05 Å². The van der Waals surface area contributed by atoms with Crippen LogP contribution in [-0.4, -0.2) is 25.0 Å². The van der Waals surface area contributed by atoms with E-state index < -0.39 is 0 Å². The number of fused-ring (bicyclic) bond motifs is 1. The van der Waals surface area contributed by atoms with Crippen molar-refractivity contribution < 1.29 is 0 Å². The van der Waals surface area contributed by atoms with E-state index in [2.05, 4.69) is 41.5 Å². The zero-order valence-corrected chi connectivity index (χ0v) is 12.0. The summed E-state index contributed by atoms with van der Waals surface area (Å²) in [4.78, 5) is 8.39. The predicted octanol–water partition coefficient (Wildman–Crippen LogP) is 2.57. The van der Waals surface area contributed by atoms with Gasteiger partial charge in [-0.25, -0.2) is 14.6 Å². The van der Waals surface area contributed by atoms with E-state index in [0.29, 0.717) is 17.0 Å². The van der Waals surface area contributed by atoms with Gasteiger partial charge in [-0.3, -0.25) is 0 Å². The molecule has 0 saturated heterocycles. The Labute approximate surface area is 118 Å². The maximum Gasteiger partial charge on any atom is 0.183 e. The number of aryl methyl sites for hydroxylation is 2. The summed E-state index contributed by atoms with van der Waals surface area (Å²) >= 11 is 3.45. The number of benzene rings is 1. The number of hydrogen-bond acceptors (Lipinski definition) is 5. The molecule has 0 amide bonds. The van der Waals surface area contributed by atoms with Gasteiger partial charge in [-0.05, 0) is 30.7 Å². The monoisotopic (exact) mass is 318 g/mol. The number of nitrogens with zero attached hydrogens (tertiary/aromatic N) is 5. The van der Waals surface area contributed by atoms with Gasteiger partial charge in [-0.1, -0.05) is 21.1 Å². The third-order valence-electron chi connectivity index (χ3n) is 2.83. The second-order valence-electron chi connectivity index (χ2n) is 4.19. The Hall–Kier alpha value is -2.02. The topological polar surface area (TPSA) is 68.5 Å². The van der Waals surface area contributed by atoms with Crippen LogP contribution in [0.15, 0.2) is 29.0 Å². The van der Waals surface area contributed by atoms with Gasteiger partial charge in [0.1, 0.15) is 6.33 Å². The fourth-order valence-electron chi connectivity index (χ4n) is 1.84. The van der Waals surface area contributed by atoms with Gasteiger partial charge in [-0.2, -0.15) is 0 Å². The second-order valence-corrected chi connectivity index (χ2v) is 5.11. The highest BCUT2D eigenvalue weighted by molar-refractivity contribution is 9.10. The van der Waals surface area contributed by atoms with Crippen molar-refractivity contribution in [1.82, 2.24) is 25.0 Å². The van der Waals surface area contributed by atoms with Crippen molar-refractivity contribution in [2.24, 2.45) is 7.05 Å². The van der Waals surface area contributed by atoms with Gasteiger partial charge in [0.25, 0.3) is 0 Å². The van der Waals surface area contributed by atoms with E-state index in [1.54, 1.807) is 11.7 Å². The molecule has 7 heteroatoms. The molecule has 0 bridgehead atoms. The summed E-state index contributed by atoms with van der Waals surface area (Å²) < 4.78 is 2.67. The molecule has 6 nitrogen and oxygen atoms in total. The average Bonchev–Trinajstić information content (AvgIpc) is 2.76. The highest BCUT2D eigenvalue weighted by Gasteiger charge is 2.10. The lowest BCUT2D eigenvalue weighted by molar-refractivity contribution is 0.729. The molecule has 1 aromatic carbocycles. The molecule has 0 aliphatic carbocycles. The summed E-state index contributed by atoms with van der Waals surface area (Å²) in [5.41, 5.74) is 3.46. The van der Waals surface area contributed by atoms with E-state index in [1.807, 2.05) is 25.1 Å². The Bertz CT molecular complexity index is 751. The van der Waals surface area contributed by atoms with Crippen molar-refractivity contribution in [3.05, 3.63) is 34.6 Å². The van der Waals surface area contributed by atoms with Crippen molar-refractivity contribution in [3.8, 4) is 0 Å². The summed E-state index contributed by atoms with van der Waals surface area (Å²) in [5, 5.41) is 11.3. The number of anilines is 2. The fourth-order valence-corrected chi connectivity index (χ4v) is 2.31. The summed E-state index contributed by atoms with van der Waals surface area (Å²) in [6, 6.07) is 6.01. The Balaban J connectivity index is 2.06. The molecule has 19 heavy (non-hydrogen) atoms. The van der Waals surface area contributed by atoms with Crippen molar-refractivity contribution in [1.29, 1.82) is 0 Å². The van der Waals surface area contributed by atoms with Crippen molar-refractivity contribution in [2.75, 3.05) is 5.32 Å². The molecule has 0 aliphatic rings. The van der Waals surface area contributed by atoms with Crippen LogP contribution in [0.3, 0.4) is 0 Å². The molecule has 0 saturated carbocycles. The molecule has 3 aromatic rings. The molecular weight excluding hydrogens is 308 g/mol. The number of halogens is 1. The molecule has 0 aliphatic heterocycles. The van der Waals surface area contributed by atoms with E-state index >= 15 is 0 Å². The van der Waals surface area contributed by atoms with Crippen LogP contribution < -0.4 is 5.32 Å². The first-order chi connectivity index (χ1) is 9.15. The van der Waals surface area contributed by atoms with Crippen LogP contribution in [0.25, 0.3) is 11.2 Å².